The second-order valence-electron chi connectivity index (χ2n) is 1.65. The molecule has 0 amide bonds. The van der Waals surface area contributed by atoms with E-state index in [9.17, 15) is 0 Å². The van der Waals surface area contributed by atoms with E-state index in [-0.39, 0.29) is 0 Å². The first kappa shape index (κ1) is 7.69. The molecule has 7 heavy (non-hydrogen) atoms. The molecule has 0 aliphatic carbocycles. The minimum absolute atomic E-state index is 0.341. The average molecular weight is 214 g/mol. The lowest BCUT2D eigenvalue weighted by molar-refractivity contribution is 0.285. The average Bonchev–Trinajstić information content (AvgIpc) is 1.61. The van der Waals surface area contributed by atoms with Gasteiger partial charge in [0.05, 0.1) is 0 Å². The van der Waals surface area contributed by atoms with Crippen molar-refractivity contribution in [1.29, 1.82) is 0 Å². The summed E-state index contributed by atoms with van der Waals surface area (Å²) >= 11 is 2.35. The molecule has 0 aromatic carbocycles. The molecule has 0 aliphatic rings. The largest absolute Gasteiger partial charge is 0.396 e. The van der Waals surface area contributed by atoms with Crippen molar-refractivity contribution in [3.05, 3.63) is 0 Å². The quantitative estimate of drug-likeness (QED) is 0.558. The minimum atomic E-state index is 0.341. The molecule has 0 heterocycles. The van der Waals surface area contributed by atoms with Crippen LogP contribution in [-0.4, -0.2) is 15.6 Å². The highest BCUT2D eigenvalue weighted by atomic mass is 127. The SMILES string of the molecule is C[C@H](I)CCCO. The van der Waals surface area contributed by atoms with Crippen LogP contribution in [0.4, 0.5) is 0 Å². The van der Waals surface area contributed by atoms with Crippen molar-refractivity contribution in [2.45, 2.75) is 23.7 Å². The molecule has 0 rings (SSSR count). The van der Waals surface area contributed by atoms with Crippen LogP contribution in [-0.2, 0) is 0 Å². The Morgan fingerprint density at radius 2 is 2.29 bits per heavy atom. The lowest BCUT2D eigenvalue weighted by atomic mass is 10.3. The summed E-state index contributed by atoms with van der Waals surface area (Å²) in [6, 6.07) is 0. The number of aliphatic hydroxyl groups is 1. The Bertz CT molecular complexity index is 37.1. The molecule has 0 fully saturated rings. The number of aliphatic hydroxyl groups excluding tert-OH is 1. The summed E-state index contributed by atoms with van der Waals surface area (Å²) in [7, 11) is 0. The number of rotatable bonds is 3. The van der Waals surface area contributed by atoms with Crippen LogP contribution in [0.3, 0.4) is 0 Å². The van der Waals surface area contributed by atoms with E-state index in [0.29, 0.717) is 10.5 Å². The van der Waals surface area contributed by atoms with Crippen molar-refractivity contribution in [3.63, 3.8) is 0 Å². The minimum Gasteiger partial charge on any atom is -0.396 e. The molecule has 0 radical (unpaired) electrons. The van der Waals surface area contributed by atoms with E-state index in [1.807, 2.05) is 0 Å². The predicted molar refractivity (Wildman–Crippen MR) is 39.8 cm³/mol. The van der Waals surface area contributed by atoms with E-state index in [1.165, 1.54) is 0 Å². The van der Waals surface area contributed by atoms with E-state index in [2.05, 4.69) is 29.5 Å². The van der Waals surface area contributed by atoms with Crippen molar-refractivity contribution < 1.29 is 5.11 Å². The van der Waals surface area contributed by atoms with Crippen molar-refractivity contribution in [3.8, 4) is 0 Å². The van der Waals surface area contributed by atoms with Gasteiger partial charge in [-0.2, -0.15) is 0 Å². The fourth-order valence-corrected chi connectivity index (χ4v) is 0.813. The molecule has 1 nitrogen and oxygen atoms in total. The zero-order valence-corrected chi connectivity index (χ0v) is 6.68. The van der Waals surface area contributed by atoms with E-state index in [0.717, 1.165) is 12.8 Å². The Kier molecular flexibility index (Phi) is 5.32. The molecule has 0 saturated carbocycles. The van der Waals surface area contributed by atoms with Gasteiger partial charge >= 0.3 is 0 Å². The summed E-state index contributed by atoms with van der Waals surface area (Å²) in [6.07, 6.45) is 2.08. The lowest BCUT2D eigenvalue weighted by Crippen LogP contribution is -1.91. The molecular formula is C5H11IO. The van der Waals surface area contributed by atoms with Crippen molar-refractivity contribution in [2.75, 3.05) is 6.61 Å². The van der Waals surface area contributed by atoms with Gasteiger partial charge < -0.3 is 5.11 Å². The highest BCUT2D eigenvalue weighted by Crippen LogP contribution is 2.05. The molecule has 0 aliphatic heterocycles. The van der Waals surface area contributed by atoms with Gasteiger partial charge in [-0.1, -0.05) is 29.5 Å². The third kappa shape index (κ3) is 6.69. The van der Waals surface area contributed by atoms with Gasteiger partial charge in [0, 0.05) is 10.5 Å². The first-order chi connectivity index (χ1) is 3.27. The monoisotopic (exact) mass is 214 g/mol. The highest BCUT2D eigenvalue weighted by Gasteiger charge is 1.91. The first-order valence-corrected chi connectivity index (χ1v) is 3.77. The molecule has 0 bridgehead atoms. The summed E-state index contributed by atoms with van der Waals surface area (Å²) in [6.45, 7) is 2.49. The molecule has 0 aromatic heterocycles. The van der Waals surface area contributed by atoms with Crippen LogP contribution in [0.1, 0.15) is 19.8 Å². The van der Waals surface area contributed by atoms with Gasteiger partial charge in [0.2, 0.25) is 0 Å². The summed E-state index contributed by atoms with van der Waals surface area (Å²) in [4.78, 5) is 0. The Morgan fingerprint density at radius 1 is 1.71 bits per heavy atom. The smallest absolute Gasteiger partial charge is 0.0431 e. The second kappa shape index (κ2) is 4.84. The number of halogens is 1. The van der Waals surface area contributed by atoms with Crippen molar-refractivity contribution in [1.82, 2.24) is 0 Å². The highest BCUT2D eigenvalue weighted by molar-refractivity contribution is 14.1. The van der Waals surface area contributed by atoms with Gasteiger partial charge in [0.1, 0.15) is 0 Å². The second-order valence-corrected chi connectivity index (χ2v) is 3.77. The van der Waals surface area contributed by atoms with Gasteiger partial charge in [-0.15, -0.1) is 0 Å². The van der Waals surface area contributed by atoms with Crippen molar-refractivity contribution >= 4 is 22.6 Å². The van der Waals surface area contributed by atoms with Crippen LogP contribution >= 0.6 is 22.6 Å². The third-order valence-electron chi connectivity index (χ3n) is 0.760. The molecule has 0 spiro atoms. The van der Waals surface area contributed by atoms with E-state index < -0.39 is 0 Å². The van der Waals surface area contributed by atoms with E-state index in [4.69, 9.17) is 5.11 Å². The zero-order valence-electron chi connectivity index (χ0n) is 4.52. The van der Waals surface area contributed by atoms with Crippen LogP contribution in [0, 0.1) is 0 Å². The van der Waals surface area contributed by atoms with E-state index in [1.54, 1.807) is 0 Å². The summed E-state index contributed by atoms with van der Waals surface area (Å²) < 4.78 is 0.713. The number of alkyl halides is 1. The Hall–Kier alpha value is 0.690. The molecule has 0 saturated heterocycles. The number of hydrogen-bond acceptors (Lipinski definition) is 1. The van der Waals surface area contributed by atoms with E-state index >= 15 is 0 Å². The van der Waals surface area contributed by atoms with Crippen LogP contribution in [0.15, 0.2) is 0 Å². The maximum Gasteiger partial charge on any atom is 0.0431 e. The topological polar surface area (TPSA) is 20.2 Å². The van der Waals surface area contributed by atoms with Crippen molar-refractivity contribution in [2.24, 2.45) is 0 Å². The maximum atomic E-state index is 8.31. The van der Waals surface area contributed by atoms with Crippen LogP contribution in [0.5, 0.6) is 0 Å². The summed E-state index contributed by atoms with van der Waals surface area (Å²) in [5.74, 6) is 0. The Labute approximate surface area is 58.3 Å². The molecule has 2 heteroatoms. The predicted octanol–water partition coefficient (Wildman–Crippen LogP) is 1.58. The fourth-order valence-electron chi connectivity index (χ4n) is 0.373. The van der Waals surface area contributed by atoms with Crippen LogP contribution < -0.4 is 0 Å². The molecule has 0 unspecified atom stereocenters. The third-order valence-corrected chi connectivity index (χ3v) is 1.38. The molecule has 1 atom stereocenters. The van der Waals surface area contributed by atoms with Crippen LogP contribution in [0.2, 0.25) is 0 Å². The maximum absolute atomic E-state index is 8.31. The summed E-state index contributed by atoms with van der Waals surface area (Å²) in [5, 5.41) is 8.31. The normalized spacial score (nSPS) is 14.1. The zero-order chi connectivity index (χ0) is 5.70. The first-order valence-electron chi connectivity index (χ1n) is 2.52. The Balaban J connectivity index is 2.68. The molecular weight excluding hydrogens is 203 g/mol. The lowest BCUT2D eigenvalue weighted by Gasteiger charge is -1.96. The van der Waals surface area contributed by atoms with Gasteiger partial charge in [0.25, 0.3) is 0 Å². The fraction of sp³-hybridized carbons (Fsp3) is 1.00. The van der Waals surface area contributed by atoms with Gasteiger partial charge in [-0.25, -0.2) is 0 Å². The molecule has 1 N–H and O–H groups in total. The summed E-state index contributed by atoms with van der Waals surface area (Å²) in [5.41, 5.74) is 0. The van der Waals surface area contributed by atoms with Gasteiger partial charge in [-0.05, 0) is 12.8 Å². The Morgan fingerprint density at radius 3 is 2.43 bits per heavy atom. The van der Waals surface area contributed by atoms with Gasteiger partial charge in [0.15, 0.2) is 0 Å². The standard InChI is InChI=1S/C5H11IO/c1-5(6)3-2-4-7/h5,7H,2-4H2,1H3/t5-/m0/s1. The molecule has 44 valence electrons. The molecule has 0 aromatic rings. The van der Waals surface area contributed by atoms with Crippen LogP contribution in [0.25, 0.3) is 0 Å². The van der Waals surface area contributed by atoms with Gasteiger partial charge in [-0.3, -0.25) is 0 Å². The number of hydrogen-bond donors (Lipinski definition) is 1.